The van der Waals surface area contributed by atoms with Crippen molar-refractivity contribution in [1.29, 1.82) is 0 Å². The van der Waals surface area contributed by atoms with Crippen molar-refractivity contribution in [1.82, 2.24) is 4.90 Å². The quantitative estimate of drug-likeness (QED) is 0.638. The summed E-state index contributed by atoms with van der Waals surface area (Å²) in [6.45, 7) is 10.3. The predicted octanol–water partition coefficient (Wildman–Crippen LogP) is 1.79. The minimum atomic E-state index is 0.447. The standard InChI is InChI=1S/C10H19N3/c1-8(2)10-12-6-5-11-7-13(10)9(3)4/h7-9H,5-6H2,1-4H3. The lowest BCUT2D eigenvalue weighted by Crippen LogP contribution is -2.38. The number of aliphatic imine (C=N–C) groups is 2. The fourth-order valence-electron chi connectivity index (χ4n) is 1.39. The Morgan fingerprint density at radius 3 is 2.46 bits per heavy atom. The zero-order valence-corrected chi connectivity index (χ0v) is 8.99. The van der Waals surface area contributed by atoms with E-state index in [1.807, 2.05) is 6.34 Å². The second-order valence-corrected chi connectivity index (χ2v) is 3.92. The van der Waals surface area contributed by atoms with Gasteiger partial charge in [-0.15, -0.1) is 0 Å². The highest BCUT2D eigenvalue weighted by Crippen LogP contribution is 2.08. The Bertz CT molecular complexity index is 216. The molecule has 0 radical (unpaired) electrons. The minimum Gasteiger partial charge on any atom is -0.319 e. The lowest BCUT2D eigenvalue weighted by molar-refractivity contribution is 0.488. The maximum absolute atomic E-state index is 4.54. The highest BCUT2D eigenvalue weighted by Gasteiger charge is 2.16. The molecule has 0 atom stereocenters. The topological polar surface area (TPSA) is 28.0 Å². The van der Waals surface area contributed by atoms with Gasteiger partial charge in [-0.05, 0) is 13.8 Å². The van der Waals surface area contributed by atoms with Crippen molar-refractivity contribution in [3.63, 3.8) is 0 Å². The Labute approximate surface area is 80.6 Å². The van der Waals surface area contributed by atoms with Gasteiger partial charge < -0.3 is 4.90 Å². The van der Waals surface area contributed by atoms with Crippen LogP contribution in [0.1, 0.15) is 27.7 Å². The Hall–Kier alpha value is -0.860. The molecule has 0 aromatic carbocycles. The van der Waals surface area contributed by atoms with Gasteiger partial charge in [-0.3, -0.25) is 9.98 Å². The molecule has 1 heterocycles. The van der Waals surface area contributed by atoms with Gasteiger partial charge in [-0.25, -0.2) is 0 Å². The van der Waals surface area contributed by atoms with Crippen LogP contribution in [-0.2, 0) is 0 Å². The third-order valence-electron chi connectivity index (χ3n) is 2.05. The van der Waals surface area contributed by atoms with Crippen LogP contribution in [0.15, 0.2) is 9.98 Å². The first kappa shape index (κ1) is 10.2. The van der Waals surface area contributed by atoms with E-state index in [2.05, 4.69) is 42.6 Å². The third-order valence-corrected chi connectivity index (χ3v) is 2.05. The van der Waals surface area contributed by atoms with E-state index in [0.717, 1.165) is 18.9 Å². The Kier molecular flexibility index (Phi) is 3.46. The van der Waals surface area contributed by atoms with Gasteiger partial charge in [0.1, 0.15) is 5.84 Å². The molecule has 3 heteroatoms. The van der Waals surface area contributed by atoms with Crippen molar-refractivity contribution in [2.24, 2.45) is 15.9 Å². The van der Waals surface area contributed by atoms with E-state index in [9.17, 15) is 0 Å². The van der Waals surface area contributed by atoms with Crippen LogP contribution in [-0.4, -0.2) is 36.2 Å². The maximum Gasteiger partial charge on any atom is 0.107 e. The summed E-state index contributed by atoms with van der Waals surface area (Å²) in [6, 6.07) is 0.447. The van der Waals surface area contributed by atoms with Gasteiger partial charge in [-0.2, -0.15) is 0 Å². The van der Waals surface area contributed by atoms with Gasteiger partial charge >= 0.3 is 0 Å². The second kappa shape index (κ2) is 4.40. The first-order valence-corrected chi connectivity index (χ1v) is 4.95. The summed E-state index contributed by atoms with van der Waals surface area (Å²) in [7, 11) is 0. The summed E-state index contributed by atoms with van der Waals surface area (Å²) >= 11 is 0. The molecule has 0 N–H and O–H groups in total. The first-order chi connectivity index (χ1) is 6.13. The summed E-state index contributed by atoms with van der Waals surface area (Å²) in [5.41, 5.74) is 0. The lowest BCUT2D eigenvalue weighted by atomic mass is 10.1. The number of hydrogen-bond acceptors (Lipinski definition) is 3. The van der Waals surface area contributed by atoms with Crippen molar-refractivity contribution in [2.75, 3.05) is 13.1 Å². The first-order valence-electron chi connectivity index (χ1n) is 4.95. The predicted molar refractivity (Wildman–Crippen MR) is 57.5 cm³/mol. The van der Waals surface area contributed by atoms with Crippen molar-refractivity contribution < 1.29 is 0 Å². The van der Waals surface area contributed by atoms with Crippen LogP contribution < -0.4 is 0 Å². The molecule has 0 aromatic rings. The van der Waals surface area contributed by atoms with Crippen LogP contribution >= 0.6 is 0 Å². The molecule has 1 rings (SSSR count). The molecule has 0 spiro atoms. The Morgan fingerprint density at radius 2 is 1.92 bits per heavy atom. The molecule has 0 aliphatic carbocycles. The van der Waals surface area contributed by atoms with E-state index < -0.39 is 0 Å². The van der Waals surface area contributed by atoms with Crippen molar-refractivity contribution >= 4 is 12.2 Å². The number of hydrogen-bond donors (Lipinski definition) is 0. The average molecular weight is 181 g/mol. The van der Waals surface area contributed by atoms with Crippen molar-refractivity contribution in [2.45, 2.75) is 33.7 Å². The molecular weight excluding hydrogens is 162 g/mol. The highest BCUT2D eigenvalue weighted by molar-refractivity contribution is 5.93. The lowest BCUT2D eigenvalue weighted by Gasteiger charge is -2.26. The molecule has 1 aliphatic heterocycles. The molecule has 0 aromatic heterocycles. The Morgan fingerprint density at radius 1 is 1.23 bits per heavy atom. The molecule has 0 amide bonds. The van der Waals surface area contributed by atoms with Crippen LogP contribution in [0.25, 0.3) is 0 Å². The number of amidine groups is 1. The highest BCUT2D eigenvalue weighted by atomic mass is 15.2. The largest absolute Gasteiger partial charge is 0.319 e. The monoisotopic (exact) mass is 181 g/mol. The SMILES string of the molecule is CC(C)C1=NCCN=CN1C(C)C. The summed E-state index contributed by atoms with van der Waals surface area (Å²) in [5, 5.41) is 0. The zero-order valence-electron chi connectivity index (χ0n) is 8.99. The fourth-order valence-corrected chi connectivity index (χ4v) is 1.39. The van der Waals surface area contributed by atoms with Gasteiger partial charge in [-0.1, -0.05) is 13.8 Å². The molecule has 3 nitrogen and oxygen atoms in total. The van der Waals surface area contributed by atoms with E-state index >= 15 is 0 Å². The normalized spacial score (nSPS) is 18.0. The zero-order chi connectivity index (χ0) is 9.84. The molecular formula is C10H19N3. The summed E-state index contributed by atoms with van der Waals surface area (Å²) in [5.74, 6) is 1.64. The summed E-state index contributed by atoms with van der Waals surface area (Å²) in [4.78, 5) is 11.0. The molecule has 74 valence electrons. The van der Waals surface area contributed by atoms with E-state index in [1.165, 1.54) is 0 Å². The smallest absolute Gasteiger partial charge is 0.107 e. The van der Waals surface area contributed by atoms with Crippen LogP contribution in [0.4, 0.5) is 0 Å². The molecule has 13 heavy (non-hydrogen) atoms. The molecule has 0 fully saturated rings. The van der Waals surface area contributed by atoms with Gasteiger partial charge in [0, 0.05) is 12.0 Å². The molecule has 0 bridgehead atoms. The van der Waals surface area contributed by atoms with Gasteiger partial charge in [0.2, 0.25) is 0 Å². The average Bonchev–Trinajstić information content (AvgIpc) is 2.27. The summed E-state index contributed by atoms with van der Waals surface area (Å²) in [6.07, 6.45) is 1.93. The van der Waals surface area contributed by atoms with Crippen LogP contribution in [0, 0.1) is 5.92 Å². The minimum absolute atomic E-state index is 0.447. The maximum atomic E-state index is 4.54. The van der Waals surface area contributed by atoms with Crippen LogP contribution in [0.5, 0.6) is 0 Å². The van der Waals surface area contributed by atoms with E-state index in [4.69, 9.17) is 0 Å². The molecule has 0 saturated carbocycles. The van der Waals surface area contributed by atoms with Crippen LogP contribution in [0.3, 0.4) is 0 Å². The fraction of sp³-hybridized carbons (Fsp3) is 0.800. The third kappa shape index (κ3) is 2.54. The summed E-state index contributed by atoms with van der Waals surface area (Å²) < 4.78 is 0. The van der Waals surface area contributed by atoms with Crippen molar-refractivity contribution in [3.05, 3.63) is 0 Å². The van der Waals surface area contributed by atoms with Crippen LogP contribution in [0.2, 0.25) is 0 Å². The number of rotatable bonds is 2. The molecule has 0 unspecified atom stereocenters. The van der Waals surface area contributed by atoms with E-state index in [1.54, 1.807) is 0 Å². The van der Waals surface area contributed by atoms with E-state index in [0.29, 0.717) is 12.0 Å². The second-order valence-electron chi connectivity index (χ2n) is 3.92. The Balaban J connectivity index is 2.85. The van der Waals surface area contributed by atoms with Gasteiger partial charge in [0.15, 0.2) is 0 Å². The number of nitrogens with zero attached hydrogens (tertiary/aromatic N) is 3. The van der Waals surface area contributed by atoms with Gasteiger partial charge in [0.25, 0.3) is 0 Å². The molecule has 0 saturated heterocycles. The van der Waals surface area contributed by atoms with Crippen molar-refractivity contribution in [3.8, 4) is 0 Å². The van der Waals surface area contributed by atoms with E-state index in [-0.39, 0.29) is 0 Å². The van der Waals surface area contributed by atoms with Gasteiger partial charge in [0.05, 0.1) is 19.4 Å². The molecule has 1 aliphatic rings.